The van der Waals surface area contributed by atoms with E-state index in [1.807, 2.05) is 0 Å². The minimum Gasteiger partial charge on any atom is -0.338 e. The third-order valence-corrected chi connectivity index (χ3v) is 5.30. The molecule has 1 unspecified atom stereocenters. The zero-order chi connectivity index (χ0) is 22.8. The van der Waals surface area contributed by atoms with Crippen LogP contribution in [0.15, 0.2) is 42.5 Å². The molecule has 0 spiro atoms. The number of nitrogens with zero attached hydrogens (tertiary/aromatic N) is 2. The second-order valence-electron chi connectivity index (χ2n) is 7.05. The van der Waals surface area contributed by atoms with E-state index in [1.54, 1.807) is 6.07 Å². The van der Waals surface area contributed by atoms with Crippen molar-refractivity contribution in [3.63, 3.8) is 0 Å². The number of carbonyl (C=O) groups is 2. The number of hydrogen-bond acceptors (Lipinski definition) is 4. The molecule has 2 aromatic carbocycles. The Morgan fingerprint density at radius 2 is 1.87 bits per heavy atom. The number of nitro groups is 1. The van der Waals surface area contributed by atoms with E-state index in [2.05, 4.69) is 5.32 Å². The van der Waals surface area contributed by atoms with Gasteiger partial charge in [0, 0.05) is 25.2 Å². The number of alkyl halides is 3. The number of carbonyl (C=O) groups excluding carboxylic acids is 2. The summed E-state index contributed by atoms with van der Waals surface area (Å²) in [6.07, 6.45) is -4.20. The van der Waals surface area contributed by atoms with Crippen LogP contribution in [0.5, 0.6) is 0 Å². The highest BCUT2D eigenvalue weighted by molar-refractivity contribution is 6.34. The highest BCUT2D eigenvalue weighted by atomic mass is 35.5. The largest absolute Gasteiger partial charge is 0.393 e. The molecule has 1 heterocycles. The Labute approximate surface area is 179 Å². The fraction of sp³-hybridized carbons (Fsp3) is 0.300. The molecule has 2 amide bonds. The standard InChI is InChI=1S/C20H17ClF3N3O4/c21-16-10-13(27(30)31)7-8-14(16)18(28)25-17-6-2-1-5-15(17)19(29)26-9-3-4-12(11-26)20(22,23)24/h1-2,5-8,10,12H,3-4,9,11H2,(H,25,28). The topological polar surface area (TPSA) is 92.6 Å². The molecule has 1 N–H and O–H groups in total. The van der Waals surface area contributed by atoms with Crippen molar-refractivity contribution in [3.8, 4) is 0 Å². The smallest absolute Gasteiger partial charge is 0.338 e. The van der Waals surface area contributed by atoms with E-state index >= 15 is 0 Å². The molecule has 7 nitrogen and oxygen atoms in total. The molecule has 0 radical (unpaired) electrons. The molecule has 1 aliphatic rings. The van der Waals surface area contributed by atoms with Gasteiger partial charge in [-0.3, -0.25) is 19.7 Å². The summed E-state index contributed by atoms with van der Waals surface area (Å²) in [6, 6.07) is 9.26. The van der Waals surface area contributed by atoms with E-state index in [-0.39, 0.29) is 46.9 Å². The number of likely N-dealkylation sites (tertiary alicyclic amines) is 1. The molecule has 11 heteroatoms. The fourth-order valence-corrected chi connectivity index (χ4v) is 3.63. The molecule has 31 heavy (non-hydrogen) atoms. The number of anilines is 1. The van der Waals surface area contributed by atoms with Gasteiger partial charge >= 0.3 is 6.18 Å². The Bertz CT molecular complexity index is 1030. The zero-order valence-corrected chi connectivity index (χ0v) is 16.7. The SMILES string of the molecule is O=C(Nc1ccccc1C(=O)N1CCCC(C(F)(F)F)C1)c1ccc([N+](=O)[O-])cc1Cl. The Morgan fingerprint density at radius 3 is 2.52 bits per heavy atom. The number of nitrogens with one attached hydrogen (secondary N) is 1. The van der Waals surface area contributed by atoms with Crippen molar-refractivity contribution in [1.29, 1.82) is 0 Å². The highest BCUT2D eigenvalue weighted by Gasteiger charge is 2.43. The minimum absolute atomic E-state index is 0.0374. The van der Waals surface area contributed by atoms with Gasteiger partial charge in [-0.25, -0.2) is 0 Å². The van der Waals surface area contributed by atoms with Crippen molar-refractivity contribution in [1.82, 2.24) is 4.90 Å². The quantitative estimate of drug-likeness (QED) is 0.523. The van der Waals surface area contributed by atoms with E-state index in [1.165, 1.54) is 24.3 Å². The van der Waals surface area contributed by atoms with Crippen molar-refractivity contribution in [2.75, 3.05) is 18.4 Å². The van der Waals surface area contributed by atoms with Crippen LogP contribution in [0.3, 0.4) is 0 Å². The summed E-state index contributed by atoms with van der Waals surface area (Å²) in [6.45, 7) is -0.263. The van der Waals surface area contributed by atoms with Gasteiger partial charge in [-0.1, -0.05) is 23.7 Å². The van der Waals surface area contributed by atoms with Crippen LogP contribution < -0.4 is 5.32 Å². The van der Waals surface area contributed by atoms with E-state index in [0.29, 0.717) is 0 Å². The van der Waals surface area contributed by atoms with Crippen molar-refractivity contribution in [2.45, 2.75) is 19.0 Å². The van der Waals surface area contributed by atoms with Gasteiger partial charge in [-0.05, 0) is 31.0 Å². The van der Waals surface area contributed by atoms with Crippen LogP contribution >= 0.6 is 11.6 Å². The number of halogens is 4. The number of hydrogen-bond donors (Lipinski definition) is 1. The molecule has 2 aromatic rings. The van der Waals surface area contributed by atoms with Crippen LogP contribution in [-0.2, 0) is 0 Å². The van der Waals surface area contributed by atoms with Gasteiger partial charge < -0.3 is 10.2 Å². The number of nitro benzene ring substituents is 1. The number of amides is 2. The van der Waals surface area contributed by atoms with Crippen molar-refractivity contribution >= 4 is 34.8 Å². The van der Waals surface area contributed by atoms with Crippen LogP contribution in [0.1, 0.15) is 33.6 Å². The molecule has 0 aliphatic carbocycles. The molecular formula is C20H17ClF3N3O4. The molecule has 0 bridgehead atoms. The van der Waals surface area contributed by atoms with Crippen molar-refractivity contribution < 1.29 is 27.7 Å². The molecule has 0 aromatic heterocycles. The number of para-hydroxylation sites is 1. The van der Waals surface area contributed by atoms with Gasteiger partial charge in [-0.15, -0.1) is 0 Å². The molecule has 1 aliphatic heterocycles. The van der Waals surface area contributed by atoms with E-state index in [4.69, 9.17) is 11.6 Å². The van der Waals surface area contributed by atoms with E-state index in [9.17, 15) is 32.9 Å². The summed E-state index contributed by atoms with van der Waals surface area (Å²) in [7, 11) is 0. The minimum atomic E-state index is -4.39. The first-order valence-corrected chi connectivity index (χ1v) is 9.66. The lowest BCUT2D eigenvalue weighted by Crippen LogP contribution is -2.44. The number of piperidine rings is 1. The summed E-state index contributed by atoms with van der Waals surface area (Å²) in [4.78, 5) is 36.8. The third kappa shape index (κ3) is 5.13. The molecule has 1 fully saturated rings. The van der Waals surface area contributed by atoms with Gasteiger partial charge in [0.1, 0.15) is 0 Å². The maximum Gasteiger partial charge on any atom is 0.393 e. The van der Waals surface area contributed by atoms with E-state index in [0.717, 1.165) is 17.0 Å². The fourth-order valence-electron chi connectivity index (χ4n) is 3.37. The van der Waals surface area contributed by atoms with Crippen molar-refractivity contribution in [3.05, 3.63) is 68.7 Å². The monoisotopic (exact) mass is 455 g/mol. The Kier molecular flexibility index (Phi) is 6.49. The maximum atomic E-state index is 13.1. The van der Waals surface area contributed by atoms with Crippen molar-refractivity contribution in [2.24, 2.45) is 5.92 Å². The number of benzene rings is 2. The van der Waals surface area contributed by atoms with Gasteiger partial charge in [-0.2, -0.15) is 13.2 Å². The van der Waals surface area contributed by atoms with Gasteiger partial charge in [0.05, 0.1) is 32.7 Å². The third-order valence-electron chi connectivity index (χ3n) is 4.99. The normalized spacial score (nSPS) is 16.6. The van der Waals surface area contributed by atoms with Crippen LogP contribution in [0.2, 0.25) is 5.02 Å². The van der Waals surface area contributed by atoms with Crippen LogP contribution in [0, 0.1) is 16.0 Å². The van der Waals surface area contributed by atoms with Gasteiger partial charge in [0.2, 0.25) is 0 Å². The molecule has 0 saturated carbocycles. The predicted molar refractivity (Wildman–Crippen MR) is 107 cm³/mol. The second-order valence-corrected chi connectivity index (χ2v) is 7.46. The number of rotatable bonds is 4. The Balaban J connectivity index is 1.81. The van der Waals surface area contributed by atoms with Gasteiger partial charge in [0.25, 0.3) is 17.5 Å². The van der Waals surface area contributed by atoms with Crippen LogP contribution in [0.25, 0.3) is 0 Å². The van der Waals surface area contributed by atoms with Crippen LogP contribution in [-0.4, -0.2) is 40.9 Å². The Hall–Kier alpha value is -3.14. The first-order valence-electron chi connectivity index (χ1n) is 9.28. The summed E-state index contributed by atoms with van der Waals surface area (Å²) in [5, 5.41) is 13.2. The molecule has 164 valence electrons. The average molecular weight is 456 g/mol. The number of non-ortho nitro benzene ring substituents is 1. The lowest BCUT2D eigenvalue weighted by atomic mass is 9.96. The maximum absolute atomic E-state index is 13.1. The first-order chi connectivity index (χ1) is 14.6. The molecule has 3 rings (SSSR count). The van der Waals surface area contributed by atoms with Gasteiger partial charge in [0.15, 0.2) is 0 Å². The predicted octanol–water partition coefficient (Wildman–Crippen LogP) is 4.92. The summed E-state index contributed by atoms with van der Waals surface area (Å²) in [5.74, 6) is -2.93. The Morgan fingerprint density at radius 1 is 1.16 bits per heavy atom. The lowest BCUT2D eigenvalue weighted by Gasteiger charge is -2.34. The lowest BCUT2D eigenvalue weighted by molar-refractivity contribution is -0.384. The second kappa shape index (κ2) is 8.93. The molecule has 1 saturated heterocycles. The first kappa shape index (κ1) is 22.5. The zero-order valence-electron chi connectivity index (χ0n) is 16.0. The summed E-state index contributed by atoms with van der Waals surface area (Å²) < 4.78 is 39.3. The summed E-state index contributed by atoms with van der Waals surface area (Å²) in [5.41, 5.74) is -0.205. The summed E-state index contributed by atoms with van der Waals surface area (Å²) >= 11 is 5.97. The highest BCUT2D eigenvalue weighted by Crippen LogP contribution is 2.34. The van der Waals surface area contributed by atoms with Crippen LogP contribution in [0.4, 0.5) is 24.5 Å². The molecule has 1 atom stereocenters. The van der Waals surface area contributed by atoms with E-state index < -0.39 is 35.4 Å². The average Bonchev–Trinajstić information content (AvgIpc) is 2.73. The molecular weight excluding hydrogens is 439 g/mol.